The highest BCUT2D eigenvalue weighted by Crippen LogP contribution is 2.20. The Bertz CT molecular complexity index is 361. The van der Waals surface area contributed by atoms with E-state index in [0.29, 0.717) is 5.69 Å². The monoisotopic (exact) mass is 218 g/mol. The number of nitro groups is 1. The maximum absolute atomic E-state index is 10.3. The second-order valence-corrected chi connectivity index (χ2v) is 3.04. The Morgan fingerprint density at radius 3 is 2.69 bits per heavy atom. The van der Waals surface area contributed by atoms with Gasteiger partial charge in [-0.2, -0.15) is 0 Å². The number of hydrogen-bond donors (Lipinski definition) is 0. The molecule has 13 heavy (non-hydrogen) atoms. The molecule has 0 saturated carbocycles. The van der Waals surface area contributed by atoms with Gasteiger partial charge in [-0.05, 0) is 29.3 Å². The Balaban J connectivity index is 3.06. The first-order valence-electron chi connectivity index (χ1n) is 3.24. The third kappa shape index (κ3) is 3.01. The summed E-state index contributed by atoms with van der Waals surface area (Å²) in [5, 5.41) is 10.3. The molecule has 4 nitrogen and oxygen atoms in total. The number of benzene rings is 1. The summed E-state index contributed by atoms with van der Waals surface area (Å²) in [5.74, 6) is 0. The lowest BCUT2D eigenvalue weighted by Crippen LogP contribution is -1.86. The zero-order valence-electron chi connectivity index (χ0n) is 6.28. The van der Waals surface area contributed by atoms with Crippen LogP contribution < -0.4 is 0 Å². The summed E-state index contributed by atoms with van der Waals surface area (Å²) in [6, 6.07) is 5.72. The van der Waals surface area contributed by atoms with Crippen molar-refractivity contribution in [3.8, 4) is 0 Å². The van der Waals surface area contributed by atoms with Crippen molar-refractivity contribution in [1.82, 2.24) is 0 Å². The molecule has 1 aromatic carbocycles. The first-order chi connectivity index (χ1) is 6.09. The Hall–Kier alpha value is -1.13. The summed E-state index contributed by atoms with van der Waals surface area (Å²) >= 11 is 10.6. The van der Waals surface area contributed by atoms with E-state index in [1.54, 1.807) is 6.07 Å². The van der Waals surface area contributed by atoms with Gasteiger partial charge in [0.1, 0.15) is 0 Å². The smallest absolute Gasteiger partial charge is 0.258 e. The normalized spacial score (nSPS) is 9.38. The maximum Gasteiger partial charge on any atom is 0.271 e. The van der Waals surface area contributed by atoms with E-state index in [1.165, 1.54) is 18.2 Å². The molecule has 68 valence electrons. The van der Waals surface area contributed by atoms with Crippen LogP contribution in [-0.2, 0) is 0 Å². The summed E-state index contributed by atoms with van der Waals surface area (Å²) in [7, 11) is 0. The lowest BCUT2D eigenvalue weighted by atomic mass is 10.3. The Kier molecular flexibility index (Phi) is 3.22. The molecule has 0 aromatic heterocycles. The molecule has 0 saturated heterocycles. The standard InChI is InChI=1S/C7H4Cl2N2O2/c8-7(9)10-5-2-1-3-6(4-5)11(12)13/h1-4H. The number of nitro benzene ring substituents is 1. The number of halogens is 2. The van der Waals surface area contributed by atoms with Crippen molar-refractivity contribution in [1.29, 1.82) is 0 Å². The summed E-state index contributed by atoms with van der Waals surface area (Å²) in [5.41, 5.74) is 0.310. The molecule has 0 fully saturated rings. The zero-order valence-corrected chi connectivity index (χ0v) is 7.79. The number of rotatable bonds is 2. The van der Waals surface area contributed by atoms with Crippen molar-refractivity contribution >= 4 is 39.2 Å². The van der Waals surface area contributed by atoms with Crippen LogP contribution in [0.15, 0.2) is 29.3 Å². The Morgan fingerprint density at radius 1 is 1.46 bits per heavy atom. The van der Waals surface area contributed by atoms with Crippen LogP contribution in [0, 0.1) is 10.1 Å². The summed E-state index contributed by atoms with van der Waals surface area (Å²) in [6.45, 7) is 0. The van der Waals surface area contributed by atoms with E-state index in [4.69, 9.17) is 23.2 Å². The zero-order chi connectivity index (χ0) is 9.84. The second-order valence-electron chi connectivity index (χ2n) is 2.13. The van der Waals surface area contributed by atoms with Crippen molar-refractivity contribution < 1.29 is 4.92 Å². The van der Waals surface area contributed by atoms with Gasteiger partial charge in [-0.3, -0.25) is 10.1 Å². The molecule has 0 aliphatic heterocycles. The van der Waals surface area contributed by atoms with E-state index in [9.17, 15) is 10.1 Å². The predicted octanol–water partition coefficient (Wildman–Crippen LogP) is 3.06. The summed E-state index contributed by atoms with van der Waals surface area (Å²) < 4.78 is -0.180. The van der Waals surface area contributed by atoms with Crippen LogP contribution in [-0.4, -0.2) is 9.55 Å². The maximum atomic E-state index is 10.3. The van der Waals surface area contributed by atoms with E-state index in [2.05, 4.69) is 4.99 Å². The number of aliphatic imine (C=N–C) groups is 1. The van der Waals surface area contributed by atoms with Crippen molar-refractivity contribution in [2.75, 3.05) is 0 Å². The minimum Gasteiger partial charge on any atom is -0.258 e. The topological polar surface area (TPSA) is 55.5 Å². The molecule has 0 bridgehead atoms. The van der Waals surface area contributed by atoms with Gasteiger partial charge in [0.05, 0.1) is 10.6 Å². The molecule has 0 amide bonds. The molecule has 0 spiro atoms. The quantitative estimate of drug-likeness (QED) is 0.436. The molecule has 0 unspecified atom stereocenters. The molecular weight excluding hydrogens is 215 g/mol. The van der Waals surface area contributed by atoms with E-state index in [-0.39, 0.29) is 10.3 Å². The fourth-order valence-corrected chi connectivity index (χ4v) is 0.969. The van der Waals surface area contributed by atoms with Gasteiger partial charge in [-0.1, -0.05) is 6.07 Å². The number of nitrogens with zero attached hydrogens (tertiary/aromatic N) is 2. The molecule has 0 atom stereocenters. The van der Waals surface area contributed by atoms with Gasteiger partial charge in [0, 0.05) is 12.1 Å². The summed E-state index contributed by atoms with van der Waals surface area (Å²) in [6.07, 6.45) is 0. The first kappa shape index (κ1) is 9.95. The van der Waals surface area contributed by atoms with Gasteiger partial charge in [0.2, 0.25) is 0 Å². The average molecular weight is 219 g/mol. The van der Waals surface area contributed by atoms with Gasteiger partial charge in [-0.25, -0.2) is 4.99 Å². The molecule has 0 aliphatic rings. The third-order valence-corrected chi connectivity index (χ3v) is 1.42. The largest absolute Gasteiger partial charge is 0.271 e. The van der Waals surface area contributed by atoms with Crippen molar-refractivity contribution in [2.45, 2.75) is 0 Å². The van der Waals surface area contributed by atoms with Crippen LogP contribution in [0.2, 0.25) is 0 Å². The van der Waals surface area contributed by atoms with Crippen LogP contribution >= 0.6 is 23.2 Å². The number of non-ortho nitro benzene ring substituents is 1. The minimum absolute atomic E-state index is 0.0455. The van der Waals surface area contributed by atoms with Gasteiger partial charge < -0.3 is 0 Å². The minimum atomic E-state index is -0.513. The summed E-state index contributed by atoms with van der Waals surface area (Å²) in [4.78, 5) is 13.5. The van der Waals surface area contributed by atoms with Gasteiger partial charge in [-0.15, -0.1) is 0 Å². The molecule has 1 rings (SSSR count). The van der Waals surface area contributed by atoms with Crippen LogP contribution in [0.1, 0.15) is 0 Å². The fourth-order valence-electron chi connectivity index (χ4n) is 0.774. The van der Waals surface area contributed by atoms with E-state index in [0.717, 1.165) is 0 Å². The molecule has 6 heteroatoms. The van der Waals surface area contributed by atoms with Crippen LogP contribution in [0.25, 0.3) is 0 Å². The molecular formula is C7H4Cl2N2O2. The van der Waals surface area contributed by atoms with Crippen LogP contribution in [0.4, 0.5) is 11.4 Å². The van der Waals surface area contributed by atoms with Crippen molar-refractivity contribution in [3.63, 3.8) is 0 Å². The molecule has 0 radical (unpaired) electrons. The SMILES string of the molecule is O=[N+]([O-])c1cccc(N=C(Cl)Cl)c1. The molecule has 0 heterocycles. The van der Waals surface area contributed by atoms with E-state index >= 15 is 0 Å². The molecule has 1 aromatic rings. The molecule has 0 N–H and O–H groups in total. The Labute approximate surface area is 84.0 Å². The van der Waals surface area contributed by atoms with Gasteiger partial charge >= 0.3 is 0 Å². The number of hydrogen-bond acceptors (Lipinski definition) is 3. The lowest BCUT2D eigenvalue weighted by Gasteiger charge is -1.93. The van der Waals surface area contributed by atoms with Crippen LogP contribution in [0.3, 0.4) is 0 Å². The second kappa shape index (κ2) is 4.20. The van der Waals surface area contributed by atoms with E-state index < -0.39 is 4.92 Å². The highest BCUT2D eigenvalue weighted by atomic mass is 35.5. The highest BCUT2D eigenvalue weighted by Gasteiger charge is 2.04. The van der Waals surface area contributed by atoms with Gasteiger partial charge in [0.15, 0.2) is 4.63 Å². The molecule has 0 aliphatic carbocycles. The highest BCUT2D eigenvalue weighted by molar-refractivity contribution is 6.95. The lowest BCUT2D eigenvalue weighted by molar-refractivity contribution is -0.384. The first-order valence-corrected chi connectivity index (χ1v) is 3.99. The van der Waals surface area contributed by atoms with E-state index in [1.807, 2.05) is 0 Å². The average Bonchev–Trinajstić information content (AvgIpc) is 2.03. The van der Waals surface area contributed by atoms with Crippen molar-refractivity contribution in [3.05, 3.63) is 34.4 Å². The third-order valence-electron chi connectivity index (χ3n) is 1.25. The van der Waals surface area contributed by atoms with Crippen molar-refractivity contribution in [2.24, 2.45) is 4.99 Å². The van der Waals surface area contributed by atoms with Crippen LogP contribution in [0.5, 0.6) is 0 Å². The fraction of sp³-hybridized carbons (Fsp3) is 0. The predicted molar refractivity (Wildman–Crippen MR) is 51.9 cm³/mol. The Morgan fingerprint density at radius 2 is 2.15 bits per heavy atom. The van der Waals surface area contributed by atoms with Gasteiger partial charge in [0.25, 0.3) is 5.69 Å².